The van der Waals surface area contributed by atoms with Gasteiger partial charge < -0.3 is 9.55 Å². The predicted octanol–water partition coefficient (Wildman–Crippen LogP) is 3.18. The zero-order chi connectivity index (χ0) is 12.7. The number of hydrogen-bond acceptors (Lipinski definition) is 2. The molecule has 4 nitrogen and oxygen atoms in total. The van der Waals surface area contributed by atoms with Gasteiger partial charge in [-0.15, -0.1) is 0 Å². The Labute approximate surface area is 112 Å². The van der Waals surface area contributed by atoms with Gasteiger partial charge in [-0.2, -0.15) is 5.10 Å². The normalized spacial score (nSPS) is 16.3. The highest BCUT2D eigenvalue weighted by Gasteiger charge is 2.19. The van der Waals surface area contributed by atoms with Gasteiger partial charge in [0.2, 0.25) is 0 Å². The van der Waals surface area contributed by atoms with Crippen LogP contribution in [0.1, 0.15) is 38.3 Å². The van der Waals surface area contributed by atoms with Crippen LogP contribution in [-0.4, -0.2) is 19.3 Å². The van der Waals surface area contributed by atoms with Gasteiger partial charge in [-0.25, -0.2) is 0 Å². The maximum Gasteiger partial charge on any atom is 0.179 e. The zero-order valence-electron chi connectivity index (χ0n) is 11.1. The first-order valence-electron chi connectivity index (χ1n) is 6.85. The Morgan fingerprint density at radius 2 is 2.22 bits per heavy atom. The van der Waals surface area contributed by atoms with E-state index in [9.17, 15) is 0 Å². The van der Waals surface area contributed by atoms with Crippen LogP contribution in [0.3, 0.4) is 0 Å². The summed E-state index contributed by atoms with van der Waals surface area (Å²) in [6.45, 7) is 3.15. The molecule has 18 heavy (non-hydrogen) atoms. The molecule has 2 heterocycles. The predicted molar refractivity (Wildman–Crippen MR) is 75.2 cm³/mol. The number of rotatable bonds is 4. The molecule has 0 amide bonds. The highest BCUT2D eigenvalue weighted by atomic mass is 32.1. The Kier molecular flexibility index (Phi) is 3.01. The summed E-state index contributed by atoms with van der Waals surface area (Å²) in [5, 5.41) is 4.55. The molecular formula is C13H20N4S. The van der Waals surface area contributed by atoms with Gasteiger partial charge in [0, 0.05) is 13.6 Å². The summed E-state index contributed by atoms with van der Waals surface area (Å²) in [5.41, 5.74) is 3.38. The lowest BCUT2D eigenvalue weighted by molar-refractivity contribution is 0.282. The fourth-order valence-electron chi connectivity index (χ4n) is 2.83. The second kappa shape index (κ2) is 4.53. The highest BCUT2D eigenvalue weighted by Crippen LogP contribution is 2.30. The summed E-state index contributed by atoms with van der Waals surface area (Å²) >= 11 is 5.45. The minimum absolute atomic E-state index is 0.840. The summed E-state index contributed by atoms with van der Waals surface area (Å²) in [6.07, 6.45) is 6.38. The molecule has 2 aromatic rings. The lowest BCUT2D eigenvalue weighted by atomic mass is 9.83. The first-order chi connectivity index (χ1) is 8.70. The Balaban J connectivity index is 1.96. The van der Waals surface area contributed by atoms with Crippen molar-refractivity contribution in [3.63, 3.8) is 0 Å². The summed E-state index contributed by atoms with van der Waals surface area (Å²) < 4.78 is 5.02. The molecule has 0 aromatic carbocycles. The van der Waals surface area contributed by atoms with Crippen molar-refractivity contribution in [3.05, 3.63) is 10.5 Å². The number of aromatic nitrogens is 4. The number of imidazole rings is 1. The fraction of sp³-hybridized carbons (Fsp3) is 0.692. The van der Waals surface area contributed by atoms with Gasteiger partial charge in [-0.3, -0.25) is 4.68 Å². The topological polar surface area (TPSA) is 38.5 Å². The highest BCUT2D eigenvalue weighted by molar-refractivity contribution is 7.71. The van der Waals surface area contributed by atoms with E-state index in [-0.39, 0.29) is 0 Å². The number of hydrogen-bond donors (Lipinski definition) is 1. The molecule has 5 heteroatoms. The number of aryl methyl sites for hydroxylation is 3. The molecule has 2 aromatic heterocycles. The van der Waals surface area contributed by atoms with E-state index in [1.807, 2.05) is 11.7 Å². The van der Waals surface area contributed by atoms with E-state index in [1.165, 1.54) is 25.7 Å². The first kappa shape index (κ1) is 12.0. The van der Waals surface area contributed by atoms with Crippen molar-refractivity contribution < 1.29 is 0 Å². The van der Waals surface area contributed by atoms with E-state index >= 15 is 0 Å². The second-order valence-electron chi connectivity index (χ2n) is 5.29. The van der Waals surface area contributed by atoms with Crippen LogP contribution in [0.2, 0.25) is 0 Å². The van der Waals surface area contributed by atoms with Crippen molar-refractivity contribution in [1.82, 2.24) is 19.3 Å². The standard InChI is InChI=1S/C13H20N4S/c1-3-10-11-12(16(2)15-10)17(13(18)14-11)8-7-9-5-4-6-9/h9H,3-8H2,1-2H3,(H,14,18). The molecule has 1 saturated carbocycles. The third-order valence-electron chi connectivity index (χ3n) is 4.14. The van der Waals surface area contributed by atoms with Gasteiger partial charge in [-0.05, 0) is 31.0 Å². The number of H-pyrrole nitrogens is 1. The minimum Gasteiger partial charge on any atom is -0.328 e. The number of aromatic amines is 1. The van der Waals surface area contributed by atoms with Crippen molar-refractivity contribution in [2.24, 2.45) is 13.0 Å². The summed E-state index contributed by atoms with van der Waals surface area (Å²) in [6, 6.07) is 0. The molecule has 0 atom stereocenters. The van der Waals surface area contributed by atoms with Crippen LogP contribution in [0.5, 0.6) is 0 Å². The van der Waals surface area contributed by atoms with E-state index in [1.54, 1.807) is 0 Å². The molecule has 1 aliphatic rings. The molecule has 1 N–H and O–H groups in total. The van der Waals surface area contributed by atoms with Crippen LogP contribution in [-0.2, 0) is 20.0 Å². The van der Waals surface area contributed by atoms with Crippen LogP contribution in [0, 0.1) is 10.7 Å². The van der Waals surface area contributed by atoms with Crippen LogP contribution in [0.25, 0.3) is 11.2 Å². The molecule has 0 bridgehead atoms. The van der Waals surface area contributed by atoms with Gasteiger partial charge in [0.15, 0.2) is 10.4 Å². The van der Waals surface area contributed by atoms with E-state index in [4.69, 9.17) is 12.2 Å². The van der Waals surface area contributed by atoms with Crippen molar-refractivity contribution in [3.8, 4) is 0 Å². The molecule has 3 rings (SSSR count). The van der Waals surface area contributed by atoms with E-state index in [0.717, 1.165) is 40.5 Å². The Hall–Kier alpha value is -1.10. The van der Waals surface area contributed by atoms with Gasteiger partial charge in [0.25, 0.3) is 0 Å². The summed E-state index contributed by atoms with van der Waals surface area (Å²) in [4.78, 5) is 3.32. The van der Waals surface area contributed by atoms with Crippen LogP contribution in [0.15, 0.2) is 0 Å². The van der Waals surface area contributed by atoms with Crippen LogP contribution >= 0.6 is 12.2 Å². The molecule has 0 unspecified atom stereocenters. The maximum absolute atomic E-state index is 5.45. The lowest BCUT2D eigenvalue weighted by Crippen LogP contribution is -2.14. The molecular weight excluding hydrogens is 244 g/mol. The molecule has 0 aliphatic heterocycles. The van der Waals surface area contributed by atoms with Gasteiger partial charge >= 0.3 is 0 Å². The second-order valence-corrected chi connectivity index (χ2v) is 5.68. The smallest absolute Gasteiger partial charge is 0.179 e. The van der Waals surface area contributed by atoms with Crippen molar-refractivity contribution >= 4 is 23.4 Å². The number of nitrogens with one attached hydrogen (secondary N) is 1. The average Bonchev–Trinajstić information content (AvgIpc) is 2.76. The fourth-order valence-corrected chi connectivity index (χ4v) is 3.11. The van der Waals surface area contributed by atoms with Crippen molar-refractivity contribution in [2.45, 2.75) is 45.6 Å². The maximum atomic E-state index is 5.45. The van der Waals surface area contributed by atoms with Crippen LogP contribution < -0.4 is 0 Å². The Morgan fingerprint density at radius 3 is 2.83 bits per heavy atom. The molecule has 1 aliphatic carbocycles. The average molecular weight is 264 g/mol. The van der Waals surface area contributed by atoms with E-state index < -0.39 is 0 Å². The quantitative estimate of drug-likeness (QED) is 0.861. The van der Waals surface area contributed by atoms with E-state index in [2.05, 4.69) is 21.6 Å². The molecule has 1 fully saturated rings. The van der Waals surface area contributed by atoms with E-state index in [0.29, 0.717) is 0 Å². The SMILES string of the molecule is CCc1nn(C)c2c1[nH]c(=S)n2CCC1CCC1. The zero-order valence-corrected chi connectivity index (χ0v) is 11.9. The van der Waals surface area contributed by atoms with Gasteiger partial charge in [-0.1, -0.05) is 26.2 Å². The van der Waals surface area contributed by atoms with Crippen LogP contribution in [0.4, 0.5) is 0 Å². The lowest BCUT2D eigenvalue weighted by Gasteiger charge is -2.25. The first-order valence-corrected chi connectivity index (χ1v) is 7.26. The largest absolute Gasteiger partial charge is 0.328 e. The Bertz CT molecular complexity index is 615. The molecule has 98 valence electrons. The number of nitrogens with zero attached hydrogens (tertiary/aromatic N) is 3. The van der Waals surface area contributed by atoms with Gasteiger partial charge in [0.05, 0.1) is 5.69 Å². The third-order valence-corrected chi connectivity index (χ3v) is 4.47. The third kappa shape index (κ3) is 1.81. The monoisotopic (exact) mass is 264 g/mol. The summed E-state index contributed by atoms with van der Waals surface area (Å²) in [7, 11) is 2.00. The molecule has 0 spiro atoms. The van der Waals surface area contributed by atoms with Crippen molar-refractivity contribution in [2.75, 3.05) is 0 Å². The molecule has 0 radical (unpaired) electrons. The number of fused-ring (bicyclic) bond motifs is 1. The minimum atomic E-state index is 0.840. The Morgan fingerprint density at radius 1 is 1.44 bits per heavy atom. The summed E-state index contributed by atoms with van der Waals surface area (Å²) in [5.74, 6) is 0.913. The molecule has 0 saturated heterocycles. The van der Waals surface area contributed by atoms with Crippen molar-refractivity contribution in [1.29, 1.82) is 0 Å². The van der Waals surface area contributed by atoms with Gasteiger partial charge in [0.1, 0.15) is 5.52 Å².